The van der Waals surface area contributed by atoms with Crippen LogP contribution >= 0.6 is 7.26 Å². The Kier molecular flexibility index (Phi) is 9.46. The lowest BCUT2D eigenvalue weighted by Gasteiger charge is -2.27. The number of esters is 1. The molecule has 5 nitrogen and oxygen atoms in total. The topological polar surface area (TPSA) is 81.4 Å². The molecular weight excluding hydrogens is 551 g/mol. The second-order valence-corrected chi connectivity index (χ2v) is 14.0. The lowest BCUT2D eigenvalue weighted by atomic mass is 10.0. The Morgan fingerprint density at radius 3 is 1.44 bits per heavy atom. The highest BCUT2D eigenvalue weighted by molar-refractivity contribution is 8.01. The van der Waals surface area contributed by atoms with Crippen molar-refractivity contribution in [1.29, 1.82) is 0 Å². The van der Waals surface area contributed by atoms with E-state index in [1.807, 2.05) is 24.3 Å². The van der Waals surface area contributed by atoms with Crippen molar-refractivity contribution in [3.05, 3.63) is 145 Å². The van der Waals surface area contributed by atoms with Gasteiger partial charge in [0, 0.05) is 0 Å². The Labute approximate surface area is 254 Å². The van der Waals surface area contributed by atoms with E-state index >= 15 is 0 Å². The van der Waals surface area contributed by atoms with E-state index in [0.717, 1.165) is 16.7 Å². The smallest absolute Gasteiger partial charge is 0.328 e. The number of hydrogen-bond donors (Lipinski definition) is 2. The first kappa shape index (κ1) is 29.9. The van der Waals surface area contributed by atoms with E-state index in [0.29, 0.717) is 0 Å². The van der Waals surface area contributed by atoms with Crippen LogP contribution in [0.25, 0.3) is 11.1 Å². The molecule has 2 unspecified atom stereocenters. The molecule has 0 heterocycles. The third kappa shape index (κ3) is 6.59. The molecule has 5 rings (SSSR count). The molecule has 0 fully saturated rings. The number of ether oxygens (including phenoxy) is 1. The van der Waals surface area contributed by atoms with Crippen LogP contribution in [-0.4, -0.2) is 24.0 Å². The van der Waals surface area contributed by atoms with Gasteiger partial charge < -0.3 is 15.8 Å². The average Bonchev–Trinajstić information content (AvgIpc) is 3.06. The minimum Gasteiger partial charge on any atom is -0.459 e. The summed E-state index contributed by atoms with van der Waals surface area (Å²) >= 11 is 0. The molecule has 43 heavy (non-hydrogen) atoms. The molecular formula is C37H36N2O3P+. The van der Waals surface area contributed by atoms with Gasteiger partial charge in [-0.3, -0.25) is 4.79 Å². The van der Waals surface area contributed by atoms with Crippen LogP contribution in [0.5, 0.6) is 0 Å². The molecule has 0 aliphatic carbocycles. The van der Waals surface area contributed by atoms with Crippen molar-refractivity contribution in [2.24, 2.45) is 5.73 Å². The summed E-state index contributed by atoms with van der Waals surface area (Å²) in [6.45, 7) is 3.27. The lowest BCUT2D eigenvalue weighted by molar-refractivity contribution is -0.148. The predicted molar refractivity (Wildman–Crippen MR) is 178 cm³/mol. The van der Waals surface area contributed by atoms with Crippen molar-refractivity contribution in [1.82, 2.24) is 5.32 Å². The second-order valence-electron chi connectivity index (χ2n) is 10.5. The Bertz CT molecular complexity index is 1540. The Morgan fingerprint density at radius 2 is 1.02 bits per heavy atom. The van der Waals surface area contributed by atoms with E-state index < -0.39 is 31.2 Å². The van der Waals surface area contributed by atoms with E-state index in [9.17, 15) is 9.59 Å². The van der Waals surface area contributed by atoms with Crippen LogP contribution in [0.4, 0.5) is 0 Å². The molecule has 0 spiro atoms. The first-order valence-corrected chi connectivity index (χ1v) is 16.2. The molecule has 0 radical (unpaired) electrons. The first-order chi connectivity index (χ1) is 20.9. The molecule has 1 amide bonds. The minimum absolute atomic E-state index is 0.120. The van der Waals surface area contributed by atoms with Gasteiger partial charge in [-0.05, 0) is 79.1 Å². The molecule has 5 aromatic carbocycles. The second kappa shape index (κ2) is 13.6. The van der Waals surface area contributed by atoms with Crippen molar-refractivity contribution in [3.8, 4) is 11.1 Å². The van der Waals surface area contributed by atoms with Crippen molar-refractivity contribution in [2.45, 2.75) is 32.5 Å². The average molecular weight is 588 g/mol. The molecule has 0 aliphatic heterocycles. The predicted octanol–water partition coefficient (Wildman–Crippen LogP) is 4.87. The number of hydrogen-bond acceptors (Lipinski definition) is 4. The van der Waals surface area contributed by atoms with Crippen molar-refractivity contribution in [2.75, 3.05) is 0 Å². The van der Waals surface area contributed by atoms with Crippen LogP contribution < -0.4 is 32.3 Å². The van der Waals surface area contributed by atoms with Crippen LogP contribution in [0, 0.1) is 0 Å². The zero-order chi connectivity index (χ0) is 30.2. The third-order valence-electron chi connectivity index (χ3n) is 7.48. The van der Waals surface area contributed by atoms with Gasteiger partial charge in [0.05, 0.1) is 6.04 Å². The number of carbonyl (C=O) groups excluding carboxylic acids is 2. The van der Waals surface area contributed by atoms with Crippen LogP contribution in [0.3, 0.4) is 0 Å². The molecule has 0 bridgehead atoms. The Morgan fingerprint density at radius 1 is 0.628 bits per heavy atom. The highest BCUT2D eigenvalue weighted by Gasteiger charge is 2.47. The van der Waals surface area contributed by atoms with Gasteiger partial charge in [-0.15, -0.1) is 0 Å². The molecule has 5 aromatic rings. The number of carbonyl (C=O) groups is 2. The summed E-state index contributed by atoms with van der Waals surface area (Å²) in [4.78, 5) is 24.1. The van der Waals surface area contributed by atoms with Crippen molar-refractivity contribution in [3.63, 3.8) is 0 Å². The summed E-state index contributed by atoms with van der Waals surface area (Å²) in [6.07, 6.45) is 0. The molecule has 3 N–H and O–H groups in total. The minimum atomic E-state index is -2.15. The number of amides is 1. The zero-order valence-corrected chi connectivity index (χ0v) is 25.3. The van der Waals surface area contributed by atoms with Gasteiger partial charge in [0.25, 0.3) is 0 Å². The zero-order valence-electron chi connectivity index (χ0n) is 24.4. The van der Waals surface area contributed by atoms with Gasteiger partial charge in [-0.1, -0.05) is 91.0 Å². The van der Waals surface area contributed by atoms with Crippen LogP contribution in [0.15, 0.2) is 140 Å². The van der Waals surface area contributed by atoms with Crippen LogP contribution in [0.1, 0.15) is 19.4 Å². The SMILES string of the molecule is CC(N)C(=O)NC(C)C(=O)OCc1ccc(-c2ccc([P+](c3ccccc3)(c3ccccc3)c3ccccc3)cc2)cc1. The molecule has 216 valence electrons. The van der Waals surface area contributed by atoms with Crippen LogP contribution in [-0.2, 0) is 20.9 Å². The molecule has 0 aliphatic rings. The normalized spacial score (nSPS) is 12.6. The molecule has 0 aromatic heterocycles. The van der Waals surface area contributed by atoms with Gasteiger partial charge in [-0.2, -0.15) is 0 Å². The van der Waals surface area contributed by atoms with E-state index in [4.69, 9.17) is 10.5 Å². The largest absolute Gasteiger partial charge is 0.459 e. The van der Waals surface area contributed by atoms with Gasteiger partial charge in [0.15, 0.2) is 0 Å². The summed E-state index contributed by atoms with van der Waals surface area (Å²) in [5.41, 5.74) is 8.60. The van der Waals surface area contributed by atoms with E-state index in [1.165, 1.54) is 21.2 Å². The fourth-order valence-electron chi connectivity index (χ4n) is 5.20. The summed E-state index contributed by atoms with van der Waals surface area (Å²) in [7, 11) is -2.15. The molecule has 0 saturated heterocycles. The van der Waals surface area contributed by atoms with E-state index in [-0.39, 0.29) is 6.61 Å². The van der Waals surface area contributed by atoms with Crippen molar-refractivity contribution < 1.29 is 14.3 Å². The highest BCUT2D eigenvalue weighted by atomic mass is 31.2. The van der Waals surface area contributed by atoms with Crippen molar-refractivity contribution >= 4 is 40.4 Å². The van der Waals surface area contributed by atoms with E-state index in [1.54, 1.807) is 13.8 Å². The molecule has 6 heteroatoms. The number of nitrogens with one attached hydrogen (secondary N) is 1. The maximum Gasteiger partial charge on any atom is 0.328 e. The fraction of sp³-hybridized carbons (Fsp3) is 0.135. The summed E-state index contributed by atoms with van der Waals surface area (Å²) in [6, 6.07) is 47.9. The summed E-state index contributed by atoms with van der Waals surface area (Å²) < 4.78 is 5.40. The Hall–Kier alpha value is -4.57. The summed E-state index contributed by atoms with van der Waals surface area (Å²) in [5, 5.41) is 7.77. The molecule has 2 atom stereocenters. The number of rotatable bonds is 10. The monoisotopic (exact) mass is 587 g/mol. The number of benzene rings is 5. The van der Waals surface area contributed by atoms with Crippen LogP contribution in [0.2, 0.25) is 0 Å². The first-order valence-electron chi connectivity index (χ1n) is 14.4. The summed E-state index contributed by atoms with van der Waals surface area (Å²) in [5.74, 6) is -0.897. The maximum absolute atomic E-state index is 12.3. The van der Waals surface area contributed by atoms with Gasteiger partial charge in [-0.25, -0.2) is 4.79 Å². The Balaban J connectivity index is 1.41. The molecule has 0 saturated carbocycles. The fourth-order valence-corrected chi connectivity index (χ4v) is 9.45. The standard InChI is InChI=1S/C37H35N2O3P/c1-27(38)36(40)39-28(2)37(41)42-26-29-18-20-30(21-19-29)31-22-24-35(25-23-31)43(32-12-6-3-7-13-32,33-14-8-4-9-15-33)34-16-10-5-11-17-34/h3-25,27-28H,26,38H2,1-2H3/p+1. The van der Waals surface area contributed by atoms with Gasteiger partial charge in [0.1, 0.15) is 41.1 Å². The maximum atomic E-state index is 12.3. The third-order valence-corrected chi connectivity index (χ3v) is 11.8. The lowest BCUT2D eigenvalue weighted by Crippen LogP contribution is -2.46. The van der Waals surface area contributed by atoms with Gasteiger partial charge >= 0.3 is 5.97 Å². The van der Waals surface area contributed by atoms with E-state index in [2.05, 4.69) is 121 Å². The number of nitrogens with two attached hydrogens (primary N) is 1. The quantitative estimate of drug-likeness (QED) is 0.181. The highest BCUT2D eigenvalue weighted by Crippen LogP contribution is 2.54. The van der Waals surface area contributed by atoms with Gasteiger partial charge in [0.2, 0.25) is 5.91 Å².